The molecule has 0 amide bonds. The Morgan fingerprint density at radius 1 is 1.14 bits per heavy atom. The lowest BCUT2D eigenvalue weighted by Crippen LogP contribution is -1.97. The van der Waals surface area contributed by atoms with E-state index in [2.05, 4.69) is 10.3 Å². The number of aryl methyl sites for hydroxylation is 1. The molecule has 3 aromatic rings. The predicted molar refractivity (Wildman–Crippen MR) is 85.6 cm³/mol. The van der Waals surface area contributed by atoms with Crippen molar-refractivity contribution in [2.75, 3.05) is 11.1 Å². The molecule has 3 N–H and O–H groups in total. The van der Waals surface area contributed by atoms with Crippen molar-refractivity contribution in [3.63, 3.8) is 0 Å². The molecule has 0 bridgehead atoms. The molecule has 1 heterocycles. The number of rotatable bonds is 2. The van der Waals surface area contributed by atoms with Gasteiger partial charge in [-0.2, -0.15) is 0 Å². The number of halogens is 2. The standard InChI is InChI=1S/C16H13ClFN3/c1-9-7-10-11(8-20-9)13(19)5-6-14(10)21-15-4-2-3-12(17)16(15)18/h2-8,21H,19H2,1H3. The van der Waals surface area contributed by atoms with Gasteiger partial charge in [-0.15, -0.1) is 0 Å². The van der Waals surface area contributed by atoms with E-state index in [1.165, 1.54) is 6.07 Å². The van der Waals surface area contributed by atoms with Crippen molar-refractivity contribution in [2.24, 2.45) is 0 Å². The number of nitrogens with two attached hydrogens (primary N) is 1. The Kier molecular flexibility index (Phi) is 3.39. The molecule has 0 spiro atoms. The molecule has 0 radical (unpaired) electrons. The van der Waals surface area contributed by atoms with Gasteiger partial charge in [0, 0.05) is 34.0 Å². The minimum atomic E-state index is -0.477. The summed E-state index contributed by atoms with van der Waals surface area (Å²) >= 11 is 5.80. The Morgan fingerprint density at radius 2 is 1.95 bits per heavy atom. The number of aromatic nitrogens is 1. The first-order valence-corrected chi connectivity index (χ1v) is 6.80. The summed E-state index contributed by atoms with van der Waals surface area (Å²) in [5, 5.41) is 4.87. The molecule has 0 aliphatic heterocycles. The zero-order valence-corrected chi connectivity index (χ0v) is 12.1. The molecule has 0 saturated heterocycles. The van der Waals surface area contributed by atoms with Gasteiger partial charge in [0.15, 0.2) is 5.82 Å². The second-order valence-corrected chi connectivity index (χ2v) is 5.21. The van der Waals surface area contributed by atoms with Gasteiger partial charge < -0.3 is 11.1 Å². The van der Waals surface area contributed by atoms with E-state index >= 15 is 0 Å². The van der Waals surface area contributed by atoms with Crippen LogP contribution in [0.15, 0.2) is 42.6 Å². The van der Waals surface area contributed by atoms with Crippen LogP contribution in [-0.2, 0) is 0 Å². The normalized spacial score (nSPS) is 10.8. The van der Waals surface area contributed by atoms with Crippen LogP contribution in [0.25, 0.3) is 10.8 Å². The summed E-state index contributed by atoms with van der Waals surface area (Å²) in [5.74, 6) is -0.477. The van der Waals surface area contributed by atoms with Gasteiger partial charge in [-0.3, -0.25) is 4.98 Å². The van der Waals surface area contributed by atoms with Crippen LogP contribution in [0.3, 0.4) is 0 Å². The number of nitrogens with one attached hydrogen (secondary N) is 1. The van der Waals surface area contributed by atoms with Crippen LogP contribution in [0.5, 0.6) is 0 Å². The number of benzene rings is 2. The van der Waals surface area contributed by atoms with Gasteiger partial charge in [0.1, 0.15) is 0 Å². The Hall–Kier alpha value is -2.33. The van der Waals surface area contributed by atoms with Crippen LogP contribution in [0, 0.1) is 12.7 Å². The second kappa shape index (κ2) is 5.22. The molecular formula is C16H13ClFN3. The van der Waals surface area contributed by atoms with Gasteiger partial charge >= 0.3 is 0 Å². The van der Waals surface area contributed by atoms with Gasteiger partial charge in [0.25, 0.3) is 0 Å². The smallest absolute Gasteiger partial charge is 0.165 e. The van der Waals surface area contributed by atoms with E-state index in [1.807, 2.05) is 19.1 Å². The topological polar surface area (TPSA) is 50.9 Å². The van der Waals surface area contributed by atoms with Crippen molar-refractivity contribution >= 4 is 39.4 Å². The minimum Gasteiger partial charge on any atom is -0.398 e. The summed E-state index contributed by atoms with van der Waals surface area (Å²) in [7, 11) is 0. The summed E-state index contributed by atoms with van der Waals surface area (Å²) in [4.78, 5) is 4.25. The lowest BCUT2D eigenvalue weighted by atomic mass is 10.1. The lowest BCUT2D eigenvalue weighted by molar-refractivity contribution is 0.632. The third-order valence-corrected chi connectivity index (χ3v) is 3.58. The molecule has 3 rings (SSSR count). The van der Waals surface area contributed by atoms with E-state index < -0.39 is 5.82 Å². The van der Waals surface area contributed by atoms with Crippen molar-refractivity contribution < 1.29 is 4.39 Å². The predicted octanol–water partition coefficient (Wildman–Crippen LogP) is 4.66. The summed E-state index contributed by atoms with van der Waals surface area (Å²) in [6.45, 7) is 1.90. The molecule has 0 saturated carbocycles. The van der Waals surface area contributed by atoms with Crippen LogP contribution >= 0.6 is 11.6 Å². The summed E-state index contributed by atoms with van der Waals surface area (Å²) in [6, 6.07) is 10.3. The van der Waals surface area contributed by atoms with Gasteiger partial charge in [0.2, 0.25) is 0 Å². The van der Waals surface area contributed by atoms with Crippen molar-refractivity contribution in [1.82, 2.24) is 4.98 Å². The Balaban J connectivity index is 2.15. The number of hydrogen-bond donors (Lipinski definition) is 2. The fourth-order valence-corrected chi connectivity index (χ4v) is 2.39. The maximum Gasteiger partial charge on any atom is 0.165 e. The fourth-order valence-electron chi connectivity index (χ4n) is 2.22. The van der Waals surface area contributed by atoms with E-state index in [0.29, 0.717) is 11.4 Å². The molecule has 5 heteroatoms. The van der Waals surface area contributed by atoms with Crippen LogP contribution in [-0.4, -0.2) is 4.98 Å². The van der Waals surface area contributed by atoms with Crippen molar-refractivity contribution in [3.8, 4) is 0 Å². The first-order valence-electron chi connectivity index (χ1n) is 6.42. The Bertz CT molecular complexity index is 833. The first-order chi connectivity index (χ1) is 10.1. The monoisotopic (exact) mass is 301 g/mol. The molecule has 0 aliphatic rings. The van der Waals surface area contributed by atoms with Crippen molar-refractivity contribution in [2.45, 2.75) is 6.92 Å². The van der Waals surface area contributed by atoms with E-state index in [1.54, 1.807) is 24.4 Å². The second-order valence-electron chi connectivity index (χ2n) is 4.80. The quantitative estimate of drug-likeness (QED) is 0.677. The average Bonchev–Trinajstić information content (AvgIpc) is 2.46. The summed E-state index contributed by atoms with van der Waals surface area (Å²) in [5.41, 5.74) is 8.53. The summed E-state index contributed by atoms with van der Waals surface area (Å²) < 4.78 is 14.0. The number of fused-ring (bicyclic) bond motifs is 1. The lowest BCUT2D eigenvalue weighted by Gasteiger charge is -2.13. The highest BCUT2D eigenvalue weighted by Crippen LogP contribution is 2.32. The molecule has 0 atom stereocenters. The van der Waals surface area contributed by atoms with Crippen LogP contribution < -0.4 is 11.1 Å². The molecule has 2 aromatic carbocycles. The number of nitrogens with zero attached hydrogens (tertiary/aromatic N) is 1. The van der Waals surface area contributed by atoms with Gasteiger partial charge in [0.05, 0.1) is 10.7 Å². The van der Waals surface area contributed by atoms with E-state index in [9.17, 15) is 4.39 Å². The summed E-state index contributed by atoms with van der Waals surface area (Å²) in [6.07, 6.45) is 1.72. The average molecular weight is 302 g/mol. The first kappa shape index (κ1) is 13.6. The third-order valence-electron chi connectivity index (χ3n) is 3.29. The van der Waals surface area contributed by atoms with Gasteiger partial charge in [-0.1, -0.05) is 17.7 Å². The van der Waals surface area contributed by atoms with E-state index in [-0.39, 0.29) is 5.02 Å². The molecule has 1 aromatic heterocycles. The van der Waals surface area contributed by atoms with Crippen LogP contribution in [0.2, 0.25) is 5.02 Å². The number of anilines is 3. The van der Waals surface area contributed by atoms with Gasteiger partial charge in [-0.25, -0.2) is 4.39 Å². The van der Waals surface area contributed by atoms with Crippen LogP contribution in [0.4, 0.5) is 21.5 Å². The zero-order valence-electron chi connectivity index (χ0n) is 11.3. The maximum absolute atomic E-state index is 14.0. The molecule has 106 valence electrons. The number of hydrogen-bond acceptors (Lipinski definition) is 3. The minimum absolute atomic E-state index is 0.0811. The third kappa shape index (κ3) is 2.50. The largest absolute Gasteiger partial charge is 0.398 e. The SMILES string of the molecule is Cc1cc2c(Nc3cccc(Cl)c3F)ccc(N)c2cn1. The zero-order chi connectivity index (χ0) is 15.0. The van der Waals surface area contributed by atoms with Crippen LogP contribution in [0.1, 0.15) is 5.69 Å². The Labute approximate surface area is 126 Å². The molecule has 21 heavy (non-hydrogen) atoms. The van der Waals surface area contributed by atoms with E-state index in [0.717, 1.165) is 22.2 Å². The maximum atomic E-state index is 14.0. The number of nitrogen functional groups attached to an aromatic ring is 1. The highest BCUT2D eigenvalue weighted by atomic mass is 35.5. The van der Waals surface area contributed by atoms with Crippen molar-refractivity contribution in [1.29, 1.82) is 0 Å². The van der Waals surface area contributed by atoms with Gasteiger partial charge in [-0.05, 0) is 37.3 Å². The molecule has 0 aliphatic carbocycles. The molecule has 0 fully saturated rings. The Morgan fingerprint density at radius 3 is 2.76 bits per heavy atom. The highest BCUT2D eigenvalue weighted by Gasteiger charge is 2.10. The fraction of sp³-hybridized carbons (Fsp3) is 0.0625. The highest BCUT2D eigenvalue weighted by molar-refractivity contribution is 6.31. The number of pyridine rings is 1. The molecule has 0 unspecified atom stereocenters. The molecular weight excluding hydrogens is 289 g/mol. The molecule has 3 nitrogen and oxygen atoms in total. The van der Waals surface area contributed by atoms with E-state index in [4.69, 9.17) is 17.3 Å². The van der Waals surface area contributed by atoms with Crippen molar-refractivity contribution in [3.05, 3.63) is 59.1 Å².